The van der Waals surface area contributed by atoms with Gasteiger partial charge in [0.05, 0.1) is 27.6 Å². The average Bonchev–Trinajstić information content (AvgIpc) is 3.87. The quantitative estimate of drug-likeness (QED) is 0.183. The molecule has 0 aliphatic heterocycles. The molecule has 5 heteroatoms. The van der Waals surface area contributed by atoms with Crippen LogP contribution in [0.25, 0.3) is 105 Å². The summed E-state index contributed by atoms with van der Waals surface area (Å²) >= 11 is 0. The van der Waals surface area contributed by atoms with E-state index in [-0.39, 0.29) is 0 Å². The predicted octanol–water partition coefficient (Wildman–Crippen LogP) is 12.6. The Labute approximate surface area is 315 Å². The Morgan fingerprint density at radius 1 is 0.327 bits per heavy atom. The van der Waals surface area contributed by atoms with Gasteiger partial charge in [0.1, 0.15) is 11.2 Å². The molecule has 4 aromatic heterocycles. The molecule has 0 N–H and O–H groups in total. The standard InChI is InChI=1S/C50H31N5/c1-3-17-35(18-4-1)53-42-24-12-9-21-37(42)40-31-46-41(30-45(40)53)38-22-10-13-25-43(38)55(46)49-47(34-28-27-32-15-7-8-16-33(32)29-34)51-48-39-23-11-14-26-44(39)54(50(48)52-49)36-19-5-2-6-20-36/h1-31H. The Bertz CT molecular complexity index is 3480. The molecule has 5 nitrogen and oxygen atoms in total. The van der Waals surface area contributed by atoms with E-state index < -0.39 is 0 Å². The van der Waals surface area contributed by atoms with Gasteiger partial charge in [-0.25, -0.2) is 9.97 Å². The number of benzene rings is 8. The van der Waals surface area contributed by atoms with Crippen LogP contribution in [0.2, 0.25) is 0 Å². The second-order valence-corrected chi connectivity index (χ2v) is 14.2. The number of nitrogens with zero attached hydrogens (tertiary/aromatic N) is 5. The smallest absolute Gasteiger partial charge is 0.166 e. The van der Waals surface area contributed by atoms with Crippen LogP contribution in [0.5, 0.6) is 0 Å². The van der Waals surface area contributed by atoms with E-state index in [2.05, 4.69) is 202 Å². The average molecular weight is 702 g/mol. The van der Waals surface area contributed by atoms with E-state index in [0.29, 0.717) is 0 Å². The number of aromatic nitrogens is 5. The zero-order valence-electron chi connectivity index (χ0n) is 29.6. The molecular weight excluding hydrogens is 671 g/mol. The summed E-state index contributed by atoms with van der Waals surface area (Å²) in [6.45, 7) is 0. The van der Waals surface area contributed by atoms with E-state index in [9.17, 15) is 0 Å². The minimum Gasteiger partial charge on any atom is -0.309 e. The normalized spacial score (nSPS) is 12.0. The highest BCUT2D eigenvalue weighted by molar-refractivity contribution is 6.19. The second kappa shape index (κ2) is 11.5. The number of fused-ring (bicyclic) bond motifs is 10. The van der Waals surface area contributed by atoms with E-state index >= 15 is 0 Å². The Hall–Kier alpha value is -7.50. The van der Waals surface area contributed by atoms with Crippen molar-refractivity contribution in [2.75, 3.05) is 0 Å². The molecule has 256 valence electrons. The van der Waals surface area contributed by atoms with Crippen LogP contribution in [0.15, 0.2) is 188 Å². The van der Waals surface area contributed by atoms with E-state index in [4.69, 9.17) is 9.97 Å². The zero-order valence-corrected chi connectivity index (χ0v) is 29.6. The highest BCUT2D eigenvalue weighted by Gasteiger charge is 2.24. The van der Waals surface area contributed by atoms with Gasteiger partial charge in [0.15, 0.2) is 11.5 Å². The summed E-state index contributed by atoms with van der Waals surface area (Å²) in [6, 6.07) is 67.0. The third-order valence-corrected chi connectivity index (χ3v) is 11.2. The SMILES string of the molecule is c1ccc(-n2c3ccccc3c3cc4c(cc32)c2ccccc2n4-c2nc3c(nc2-c2ccc4ccccc4c2)c2ccccc2n3-c2ccccc2)cc1. The molecule has 0 aliphatic carbocycles. The molecule has 0 radical (unpaired) electrons. The van der Waals surface area contributed by atoms with Crippen LogP contribution >= 0.6 is 0 Å². The molecule has 0 fully saturated rings. The second-order valence-electron chi connectivity index (χ2n) is 14.2. The molecular formula is C50H31N5. The summed E-state index contributed by atoms with van der Waals surface area (Å²) in [7, 11) is 0. The van der Waals surface area contributed by atoms with Gasteiger partial charge in [0.2, 0.25) is 0 Å². The van der Waals surface area contributed by atoms with Gasteiger partial charge < -0.3 is 4.57 Å². The van der Waals surface area contributed by atoms with Crippen LogP contribution in [0, 0.1) is 0 Å². The van der Waals surface area contributed by atoms with Gasteiger partial charge in [-0.1, -0.05) is 127 Å². The highest BCUT2D eigenvalue weighted by atomic mass is 15.2. The first-order valence-electron chi connectivity index (χ1n) is 18.7. The van der Waals surface area contributed by atoms with Gasteiger partial charge in [-0.05, 0) is 71.4 Å². The first-order chi connectivity index (χ1) is 27.3. The van der Waals surface area contributed by atoms with E-state index in [0.717, 1.165) is 72.3 Å². The van der Waals surface area contributed by atoms with Gasteiger partial charge in [-0.15, -0.1) is 0 Å². The van der Waals surface area contributed by atoms with E-state index in [1.54, 1.807) is 0 Å². The topological polar surface area (TPSA) is 40.6 Å². The minimum absolute atomic E-state index is 0.792. The maximum absolute atomic E-state index is 5.74. The molecule has 0 spiro atoms. The molecule has 0 amide bonds. The molecule has 0 unspecified atom stereocenters. The summed E-state index contributed by atoms with van der Waals surface area (Å²) in [5.74, 6) is 0.792. The molecule has 0 aliphatic rings. The number of rotatable bonds is 4. The van der Waals surface area contributed by atoms with Crippen molar-refractivity contribution >= 4 is 76.5 Å². The summed E-state index contributed by atoms with van der Waals surface area (Å²) in [5, 5.41) is 8.16. The van der Waals surface area contributed by atoms with Crippen molar-refractivity contribution in [1.82, 2.24) is 23.7 Å². The molecule has 8 aromatic carbocycles. The van der Waals surface area contributed by atoms with E-state index in [1.165, 1.54) is 32.6 Å². The third kappa shape index (κ3) is 4.35. The van der Waals surface area contributed by atoms with Crippen LogP contribution < -0.4 is 0 Å². The van der Waals surface area contributed by atoms with E-state index in [1.807, 2.05) is 0 Å². The fourth-order valence-electron chi connectivity index (χ4n) is 8.78. The van der Waals surface area contributed by atoms with Crippen molar-refractivity contribution in [1.29, 1.82) is 0 Å². The molecule has 0 saturated carbocycles. The lowest BCUT2D eigenvalue weighted by Gasteiger charge is -2.15. The fourth-order valence-corrected chi connectivity index (χ4v) is 8.78. The highest BCUT2D eigenvalue weighted by Crippen LogP contribution is 2.42. The summed E-state index contributed by atoms with van der Waals surface area (Å²) in [6.07, 6.45) is 0. The maximum Gasteiger partial charge on any atom is 0.166 e. The molecule has 12 aromatic rings. The first kappa shape index (κ1) is 30.0. The monoisotopic (exact) mass is 701 g/mol. The van der Waals surface area contributed by atoms with Gasteiger partial charge >= 0.3 is 0 Å². The fraction of sp³-hybridized carbons (Fsp3) is 0. The number of hydrogen-bond acceptors (Lipinski definition) is 2. The van der Waals surface area contributed by atoms with Crippen molar-refractivity contribution in [2.45, 2.75) is 0 Å². The van der Waals surface area contributed by atoms with Crippen molar-refractivity contribution in [3.63, 3.8) is 0 Å². The van der Waals surface area contributed by atoms with Crippen LogP contribution in [0.4, 0.5) is 0 Å². The molecule has 12 rings (SSSR count). The van der Waals surface area contributed by atoms with Crippen LogP contribution in [0.3, 0.4) is 0 Å². The van der Waals surface area contributed by atoms with Crippen LogP contribution in [-0.4, -0.2) is 23.7 Å². The Kier molecular flexibility index (Phi) is 6.27. The molecule has 0 saturated heterocycles. The maximum atomic E-state index is 5.74. The third-order valence-electron chi connectivity index (χ3n) is 11.2. The van der Waals surface area contributed by atoms with Gasteiger partial charge in [0, 0.05) is 43.9 Å². The molecule has 55 heavy (non-hydrogen) atoms. The van der Waals surface area contributed by atoms with Gasteiger partial charge in [0.25, 0.3) is 0 Å². The minimum atomic E-state index is 0.792. The lowest BCUT2D eigenvalue weighted by atomic mass is 10.0. The van der Waals surface area contributed by atoms with Crippen molar-refractivity contribution in [3.05, 3.63) is 188 Å². The summed E-state index contributed by atoms with van der Waals surface area (Å²) in [5.41, 5.74) is 11.3. The first-order valence-corrected chi connectivity index (χ1v) is 18.7. The number of hydrogen-bond donors (Lipinski definition) is 0. The van der Waals surface area contributed by atoms with Crippen LogP contribution in [0.1, 0.15) is 0 Å². The van der Waals surface area contributed by atoms with Gasteiger partial charge in [-0.2, -0.15) is 0 Å². The largest absolute Gasteiger partial charge is 0.309 e. The van der Waals surface area contributed by atoms with Crippen molar-refractivity contribution in [3.8, 4) is 28.5 Å². The Balaban J connectivity index is 1.26. The Morgan fingerprint density at radius 3 is 1.51 bits per heavy atom. The lowest BCUT2D eigenvalue weighted by Crippen LogP contribution is -2.05. The molecule has 0 bridgehead atoms. The Morgan fingerprint density at radius 2 is 0.836 bits per heavy atom. The van der Waals surface area contributed by atoms with Crippen molar-refractivity contribution in [2.24, 2.45) is 0 Å². The van der Waals surface area contributed by atoms with Gasteiger partial charge in [-0.3, -0.25) is 9.13 Å². The summed E-state index contributed by atoms with van der Waals surface area (Å²) in [4.78, 5) is 11.4. The zero-order chi connectivity index (χ0) is 36.0. The lowest BCUT2D eigenvalue weighted by molar-refractivity contribution is 1.05. The van der Waals surface area contributed by atoms with Crippen LogP contribution in [-0.2, 0) is 0 Å². The predicted molar refractivity (Wildman–Crippen MR) is 228 cm³/mol. The van der Waals surface area contributed by atoms with Crippen molar-refractivity contribution < 1.29 is 0 Å². The molecule has 0 atom stereocenters. The molecule has 4 heterocycles. The summed E-state index contributed by atoms with van der Waals surface area (Å²) < 4.78 is 6.99. The number of para-hydroxylation sites is 5.